The van der Waals surface area contributed by atoms with Crippen LogP contribution < -0.4 is 5.32 Å². The summed E-state index contributed by atoms with van der Waals surface area (Å²) in [5.74, 6) is 2.98. The molecule has 4 heteroatoms. The molecule has 2 atom stereocenters. The monoisotopic (exact) mass is 306 g/mol. The van der Waals surface area contributed by atoms with Gasteiger partial charge in [-0.3, -0.25) is 4.99 Å². The Bertz CT molecular complexity index is 361. The number of likely N-dealkylation sites (tertiary alicyclic amines) is 1. The van der Waals surface area contributed by atoms with Gasteiger partial charge in [0, 0.05) is 39.3 Å². The maximum atomic E-state index is 4.54. The molecule has 1 aliphatic heterocycles. The molecule has 1 saturated heterocycles. The zero-order valence-electron chi connectivity index (χ0n) is 14.6. The van der Waals surface area contributed by atoms with Gasteiger partial charge in [0.1, 0.15) is 0 Å². The molecule has 0 radical (unpaired) electrons. The number of aliphatic imine (C=N–C) groups is 1. The summed E-state index contributed by atoms with van der Waals surface area (Å²) in [6.45, 7) is 4.60. The van der Waals surface area contributed by atoms with Crippen molar-refractivity contribution < 1.29 is 0 Å². The molecule has 2 saturated carbocycles. The summed E-state index contributed by atoms with van der Waals surface area (Å²) in [6.07, 6.45) is 11.4. The number of rotatable bonds is 4. The largest absolute Gasteiger partial charge is 0.355 e. The van der Waals surface area contributed by atoms with Crippen LogP contribution in [0.25, 0.3) is 0 Å². The summed E-state index contributed by atoms with van der Waals surface area (Å²) in [6, 6.07) is 0.818. The van der Waals surface area contributed by atoms with Crippen molar-refractivity contribution in [2.45, 2.75) is 57.4 Å². The fourth-order valence-corrected chi connectivity index (χ4v) is 4.78. The minimum Gasteiger partial charge on any atom is -0.355 e. The Morgan fingerprint density at radius 2 is 1.64 bits per heavy atom. The van der Waals surface area contributed by atoms with Gasteiger partial charge in [-0.1, -0.05) is 25.7 Å². The van der Waals surface area contributed by atoms with Crippen LogP contribution in [-0.4, -0.2) is 62.1 Å². The van der Waals surface area contributed by atoms with Gasteiger partial charge in [0.2, 0.25) is 0 Å². The fourth-order valence-electron chi connectivity index (χ4n) is 4.78. The standard InChI is InChI=1S/C18H34N4/c1-19-18(20-11-12-21(2)17-9-5-6-10-17)22-13-15-7-3-4-8-16(15)14-22/h15-17H,3-14H2,1-2H3,(H,19,20). The Morgan fingerprint density at radius 1 is 1.05 bits per heavy atom. The topological polar surface area (TPSA) is 30.9 Å². The molecule has 4 nitrogen and oxygen atoms in total. The molecule has 0 aromatic rings. The molecule has 126 valence electrons. The van der Waals surface area contributed by atoms with Crippen molar-refractivity contribution in [2.75, 3.05) is 40.3 Å². The number of fused-ring (bicyclic) bond motifs is 1. The third kappa shape index (κ3) is 3.76. The van der Waals surface area contributed by atoms with Crippen LogP contribution in [0, 0.1) is 11.8 Å². The lowest BCUT2D eigenvalue weighted by molar-refractivity contribution is 0.248. The SMILES string of the molecule is CN=C(NCCN(C)C1CCCC1)N1CC2CCCCC2C1. The molecule has 1 heterocycles. The van der Waals surface area contributed by atoms with Gasteiger partial charge in [0.15, 0.2) is 5.96 Å². The number of guanidine groups is 1. The van der Waals surface area contributed by atoms with Crippen LogP contribution >= 0.6 is 0 Å². The lowest BCUT2D eigenvalue weighted by atomic mass is 9.82. The first-order chi connectivity index (χ1) is 10.8. The van der Waals surface area contributed by atoms with Crippen molar-refractivity contribution in [3.05, 3.63) is 0 Å². The molecule has 2 unspecified atom stereocenters. The molecule has 3 fully saturated rings. The van der Waals surface area contributed by atoms with Crippen LogP contribution in [0.3, 0.4) is 0 Å². The molecule has 0 bridgehead atoms. The highest BCUT2D eigenvalue weighted by atomic mass is 15.3. The molecule has 22 heavy (non-hydrogen) atoms. The average molecular weight is 306 g/mol. The van der Waals surface area contributed by atoms with Crippen LogP contribution in [0.5, 0.6) is 0 Å². The molecule has 3 aliphatic rings. The van der Waals surface area contributed by atoms with Crippen LogP contribution in [0.2, 0.25) is 0 Å². The van der Waals surface area contributed by atoms with E-state index < -0.39 is 0 Å². The summed E-state index contributed by atoms with van der Waals surface area (Å²) in [7, 11) is 4.22. The molecule has 0 amide bonds. The van der Waals surface area contributed by atoms with E-state index in [1.165, 1.54) is 64.5 Å². The van der Waals surface area contributed by atoms with E-state index >= 15 is 0 Å². The molecular weight excluding hydrogens is 272 g/mol. The molecular formula is C18H34N4. The van der Waals surface area contributed by atoms with E-state index in [-0.39, 0.29) is 0 Å². The number of nitrogens with one attached hydrogen (secondary N) is 1. The lowest BCUT2D eigenvalue weighted by Gasteiger charge is -2.26. The third-order valence-corrected chi connectivity index (χ3v) is 6.18. The summed E-state index contributed by atoms with van der Waals surface area (Å²) in [5.41, 5.74) is 0. The number of nitrogens with zero attached hydrogens (tertiary/aromatic N) is 3. The highest BCUT2D eigenvalue weighted by molar-refractivity contribution is 5.80. The number of likely N-dealkylation sites (N-methyl/N-ethyl adjacent to an activating group) is 1. The zero-order valence-corrected chi connectivity index (χ0v) is 14.6. The van der Waals surface area contributed by atoms with Crippen molar-refractivity contribution >= 4 is 5.96 Å². The van der Waals surface area contributed by atoms with E-state index in [0.717, 1.165) is 36.9 Å². The van der Waals surface area contributed by atoms with E-state index in [1.54, 1.807) is 0 Å². The van der Waals surface area contributed by atoms with Crippen LogP contribution in [0.4, 0.5) is 0 Å². The van der Waals surface area contributed by atoms with Gasteiger partial charge in [-0.05, 0) is 44.6 Å². The first kappa shape index (κ1) is 16.1. The Labute approximate surface area is 136 Å². The van der Waals surface area contributed by atoms with E-state index in [4.69, 9.17) is 0 Å². The minimum atomic E-state index is 0.818. The summed E-state index contributed by atoms with van der Waals surface area (Å²) in [4.78, 5) is 9.58. The average Bonchev–Trinajstić information content (AvgIpc) is 3.19. The van der Waals surface area contributed by atoms with Gasteiger partial charge in [0.05, 0.1) is 0 Å². The Morgan fingerprint density at radius 3 is 2.23 bits per heavy atom. The van der Waals surface area contributed by atoms with Crippen molar-refractivity contribution in [1.82, 2.24) is 15.1 Å². The molecule has 0 spiro atoms. The van der Waals surface area contributed by atoms with Gasteiger partial charge in [-0.25, -0.2) is 0 Å². The fraction of sp³-hybridized carbons (Fsp3) is 0.944. The van der Waals surface area contributed by atoms with E-state index in [1.807, 2.05) is 7.05 Å². The normalized spacial score (nSPS) is 30.1. The third-order valence-electron chi connectivity index (χ3n) is 6.18. The van der Waals surface area contributed by atoms with Crippen molar-refractivity contribution in [2.24, 2.45) is 16.8 Å². The van der Waals surface area contributed by atoms with Crippen molar-refractivity contribution in [3.63, 3.8) is 0 Å². The Kier molecular flexibility index (Phi) is 5.61. The van der Waals surface area contributed by atoms with Gasteiger partial charge in [0.25, 0.3) is 0 Å². The predicted octanol–water partition coefficient (Wildman–Crippen LogP) is 2.56. The van der Waals surface area contributed by atoms with Crippen molar-refractivity contribution in [1.29, 1.82) is 0 Å². The lowest BCUT2D eigenvalue weighted by Crippen LogP contribution is -2.44. The summed E-state index contributed by atoms with van der Waals surface area (Å²) < 4.78 is 0. The molecule has 0 aromatic carbocycles. The molecule has 0 aromatic heterocycles. The zero-order chi connectivity index (χ0) is 15.4. The van der Waals surface area contributed by atoms with Crippen LogP contribution in [0.1, 0.15) is 51.4 Å². The quantitative estimate of drug-likeness (QED) is 0.640. The second-order valence-electron chi connectivity index (χ2n) is 7.60. The molecule has 1 N–H and O–H groups in total. The first-order valence-electron chi connectivity index (χ1n) is 9.43. The van der Waals surface area contributed by atoms with E-state index in [9.17, 15) is 0 Å². The second-order valence-corrected chi connectivity index (χ2v) is 7.60. The van der Waals surface area contributed by atoms with Crippen LogP contribution in [-0.2, 0) is 0 Å². The minimum absolute atomic E-state index is 0.818. The summed E-state index contributed by atoms with van der Waals surface area (Å²) in [5, 5.41) is 3.61. The van der Waals surface area contributed by atoms with E-state index in [0.29, 0.717) is 0 Å². The highest BCUT2D eigenvalue weighted by Gasteiger charge is 2.35. The Balaban J connectivity index is 1.42. The van der Waals surface area contributed by atoms with E-state index in [2.05, 4.69) is 27.2 Å². The second kappa shape index (κ2) is 7.67. The van der Waals surface area contributed by atoms with Gasteiger partial charge >= 0.3 is 0 Å². The summed E-state index contributed by atoms with van der Waals surface area (Å²) >= 11 is 0. The first-order valence-corrected chi connectivity index (χ1v) is 9.43. The maximum absolute atomic E-state index is 4.54. The number of hydrogen-bond acceptors (Lipinski definition) is 2. The molecule has 3 rings (SSSR count). The van der Waals surface area contributed by atoms with Crippen molar-refractivity contribution in [3.8, 4) is 0 Å². The predicted molar refractivity (Wildman–Crippen MR) is 93.3 cm³/mol. The molecule has 2 aliphatic carbocycles. The number of hydrogen-bond donors (Lipinski definition) is 1. The van der Waals surface area contributed by atoms with Crippen LogP contribution in [0.15, 0.2) is 4.99 Å². The Hall–Kier alpha value is -0.770. The van der Waals surface area contributed by atoms with Gasteiger partial charge in [-0.15, -0.1) is 0 Å². The highest BCUT2D eigenvalue weighted by Crippen LogP contribution is 2.35. The maximum Gasteiger partial charge on any atom is 0.193 e. The smallest absolute Gasteiger partial charge is 0.193 e. The van der Waals surface area contributed by atoms with Gasteiger partial charge in [-0.2, -0.15) is 0 Å². The van der Waals surface area contributed by atoms with Gasteiger partial charge < -0.3 is 15.1 Å².